The molecule has 1 fully saturated rings. The SMILES string of the molecule is CC(=O)Oc1nnc(NC2CCNC2)c2cc(-c3ccc(Cl)cc3)sc12. The summed E-state index contributed by atoms with van der Waals surface area (Å²) < 4.78 is 6.06. The van der Waals surface area contributed by atoms with Crippen LogP contribution in [0.1, 0.15) is 13.3 Å². The van der Waals surface area contributed by atoms with Crippen LogP contribution in [0.2, 0.25) is 5.02 Å². The van der Waals surface area contributed by atoms with E-state index in [1.165, 1.54) is 18.3 Å². The lowest BCUT2D eigenvalue weighted by Crippen LogP contribution is -2.23. The first kappa shape index (κ1) is 17.2. The molecule has 0 saturated carbocycles. The van der Waals surface area contributed by atoms with Crippen LogP contribution < -0.4 is 15.4 Å². The molecule has 0 bridgehead atoms. The Labute approximate surface area is 159 Å². The minimum atomic E-state index is -0.414. The van der Waals surface area contributed by atoms with Gasteiger partial charge >= 0.3 is 5.97 Å². The van der Waals surface area contributed by atoms with Gasteiger partial charge < -0.3 is 15.4 Å². The number of rotatable bonds is 4. The highest BCUT2D eigenvalue weighted by atomic mass is 35.5. The van der Waals surface area contributed by atoms with Crippen LogP contribution in [0.25, 0.3) is 20.5 Å². The van der Waals surface area contributed by atoms with Gasteiger partial charge in [-0.3, -0.25) is 4.79 Å². The second-order valence-electron chi connectivity index (χ2n) is 6.14. The number of hydrogen-bond donors (Lipinski definition) is 2. The molecule has 1 aliphatic rings. The molecule has 0 amide bonds. The number of benzene rings is 1. The van der Waals surface area contributed by atoms with Gasteiger partial charge in [-0.25, -0.2) is 0 Å². The Kier molecular flexibility index (Phi) is 4.76. The predicted molar refractivity (Wildman–Crippen MR) is 104 cm³/mol. The molecule has 1 unspecified atom stereocenters. The molecule has 8 heteroatoms. The van der Waals surface area contributed by atoms with Crippen molar-refractivity contribution >= 4 is 44.8 Å². The topological polar surface area (TPSA) is 76.1 Å². The van der Waals surface area contributed by atoms with E-state index in [1.54, 1.807) is 0 Å². The predicted octanol–water partition coefficient (Wildman–Crippen LogP) is 3.71. The lowest BCUT2D eigenvalue weighted by Gasteiger charge is -2.12. The van der Waals surface area contributed by atoms with Crippen LogP contribution in [0, 0.1) is 0 Å². The van der Waals surface area contributed by atoms with Crippen molar-refractivity contribution in [3.05, 3.63) is 35.4 Å². The van der Waals surface area contributed by atoms with Gasteiger partial charge in [-0.1, -0.05) is 23.7 Å². The van der Waals surface area contributed by atoms with Gasteiger partial charge in [-0.15, -0.1) is 21.5 Å². The molecule has 2 N–H and O–H groups in total. The van der Waals surface area contributed by atoms with Crippen LogP contribution in [-0.2, 0) is 4.79 Å². The quantitative estimate of drug-likeness (QED) is 0.663. The summed E-state index contributed by atoms with van der Waals surface area (Å²) in [6.45, 7) is 3.24. The Hall–Kier alpha value is -2.22. The van der Waals surface area contributed by atoms with Gasteiger partial charge in [-0.05, 0) is 36.7 Å². The van der Waals surface area contributed by atoms with Gasteiger partial charge in [0, 0.05) is 34.8 Å². The van der Waals surface area contributed by atoms with Crippen LogP contribution in [0.15, 0.2) is 30.3 Å². The molecule has 2 aromatic heterocycles. The first-order valence-corrected chi connectivity index (χ1v) is 9.51. The molecule has 3 aromatic rings. The van der Waals surface area contributed by atoms with Crippen molar-refractivity contribution in [3.63, 3.8) is 0 Å². The van der Waals surface area contributed by atoms with Gasteiger partial charge in [-0.2, -0.15) is 0 Å². The van der Waals surface area contributed by atoms with Crippen molar-refractivity contribution in [3.8, 4) is 16.3 Å². The number of nitrogens with zero attached hydrogens (tertiary/aromatic N) is 2. The van der Waals surface area contributed by atoms with E-state index in [1.807, 2.05) is 24.3 Å². The third kappa shape index (κ3) is 3.51. The molecule has 0 radical (unpaired) electrons. The Morgan fingerprint density at radius 1 is 1.35 bits per heavy atom. The molecule has 1 aliphatic heterocycles. The zero-order valence-corrected chi connectivity index (χ0v) is 15.7. The molecule has 1 saturated heterocycles. The minimum absolute atomic E-state index is 0.243. The Balaban J connectivity index is 1.79. The number of thiophene rings is 1. The first-order valence-electron chi connectivity index (χ1n) is 8.32. The third-order valence-electron chi connectivity index (χ3n) is 4.19. The number of ether oxygens (including phenoxy) is 1. The van der Waals surface area contributed by atoms with E-state index in [0.29, 0.717) is 16.9 Å². The van der Waals surface area contributed by atoms with E-state index in [0.717, 1.165) is 40.0 Å². The molecule has 1 aromatic carbocycles. The van der Waals surface area contributed by atoms with Crippen molar-refractivity contribution in [2.45, 2.75) is 19.4 Å². The highest BCUT2D eigenvalue weighted by Crippen LogP contribution is 2.40. The standard InChI is InChI=1S/C18H17ClN4O2S/c1-10(24)25-18-16-14(17(22-23-18)21-13-6-7-20-9-13)8-15(26-16)11-2-4-12(19)5-3-11/h2-5,8,13,20H,6-7,9H2,1H3,(H,21,22). The summed E-state index contributed by atoms with van der Waals surface area (Å²) in [6.07, 6.45) is 1.03. The Morgan fingerprint density at radius 3 is 2.85 bits per heavy atom. The fourth-order valence-corrected chi connectivity index (χ4v) is 4.17. The highest BCUT2D eigenvalue weighted by molar-refractivity contribution is 7.22. The molecule has 0 spiro atoms. The minimum Gasteiger partial charge on any atom is -0.404 e. The van der Waals surface area contributed by atoms with E-state index in [2.05, 4.69) is 26.9 Å². The van der Waals surface area contributed by atoms with Gasteiger partial charge in [0.05, 0.1) is 0 Å². The summed E-state index contributed by atoms with van der Waals surface area (Å²) in [6, 6.07) is 10.0. The molecule has 6 nitrogen and oxygen atoms in total. The summed E-state index contributed by atoms with van der Waals surface area (Å²) in [5.41, 5.74) is 1.04. The molecule has 3 heterocycles. The van der Waals surface area contributed by atoms with Crippen LogP contribution in [0.4, 0.5) is 5.82 Å². The zero-order valence-electron chi connectivity index (χ0n) is 14.1. The van der Waals surface area contributed by atoms with Gasteiger partial charge in [0.15, 0.2) is 5.82 Å². The monoisotopic (exact) mass is 388 g/mol. The van der Waals surface area contributed by atoms with Crippen molar-refractivity contribution < 1.29 is 9.53 Å². The average Bonchev–Trinajstić information content (AvgIpc) is 3.27. The average molecular weight is 389 g/mol. The molecule has 1 atom stereocenters. The normalized spacial score (nSPS) is 16.8. The van der Waals surface area contributed by atoms with Crippen LogP contribution in [0.3, 0.4) is 0 Å². The highest BCUT2D eigenvalue weighted by Gasteiger charge is 2.20. The van der Waals surface area contributed by atoms with E-state index in [9.17, 15) is 4.79 Å². The van der Waals surface area contributed by atoms with E-state index < -0.39 is 5.97 Å². The van der Waals surface area contributed by atoms with Crippen molar-refractivity contribution in [2.75, 3.05) is 18.4 Å². The number of nitrogens with one attached hydrogen (secondary N) is 2. The first-order chi connectivity index (χ1) is 12.6. The van der Waals surface area contributed by atoms with Gasteiger partial charge in [0.2, 0.25) is 0 Å². The fraction of sp³-hybridized carbons (Fsp3) is 0.278. The molecular formula is C18H17ClN4O2S. The van der Waals surface area contributed by atoms with Crippen molar-refractivity contribution in [1.29, 1.82) is 0 Å². The third-order valence-corrected chi connectivity index (χ3v) is 5.62. The van der Waals surface area contributed by atoms with E-state index in [-0.39, 0.29) is 5.88 Å². The maximum absolute atomic E-state index is 11.4. The Morgan fingerprint density at radius 2 is 2.15 bits per heavy atom. The Bertz CT molecular complexity index is 952. The number of carbonyl (C=O) groups excluding carboxylic acids is 1. The molecule has 0 aliphatic carbocycles. The molecule has 134 valence electrons. The number of aromatic nitrogens is 2. The van der Waals surface area contributed by atoms with E-state index >= 15 is 0 Å². The van der Waals surface area contributed by atoms with Crippen molar-refractivity contribution in [2.24, 2.45) is 0 Å². The molecular weight excluding hydrogens is 372 g/mol. The molecule has 26 heavy (non-hydrogen) atoms. The number of esters is 1. The largest absolute Gasteiger partial charge is 0.404 e. The number of hydrogen-bond acceptors (Lipinski definition) is 7. The summed E-state index contributed by atoms with van der Waals surface area (Å²) in [4.78, 5) is 12.4. The van der Waals surface area contributed by atoms with Crippen LogP contribution >= 0.6 is 22.9 Å². The van der Waals surface area contributed by atoms with E-state index in [4.69, 9.17) is 16.3 Å². The lowest BCUT2D eigenvalue weighted by atomic mass is 10.1. The maximum atomic E-state index is 11.4. The summed E-state index contributed by atoms with van der Waals surface area (Å²) >= 11 is 7.51. The zero-order chi connectivity index (χ0) is 18.1. The van der Waals surface area contributed by atoms with Crippen LogP contribution in [0.5, 0.6) is 5.88 Å². The summed E-state index contributed by atoms with van der Waals surface area (Å²) in [5, 5.41) is 16.7. The second-order valence-corrected chi connectivity index (χ2v) is 7.63. The number of anilines is 1. The maximum Gasteiger partial charge on any atom is 0.309 e. The lowest BCUT2D eigenvalue weighted by molar-refractivity contribution is -0.132. The smallest absolute Gasteiger partial charge is 0.309 e. The number of fused-ring (bicyclic) bond motifs is 1. The number of halogens is 1. The second kappa shape index (κ2) is 7.19. The van der Waals surface area contributed by atoms with Gasteiger partial charge in [0.1, 0.15) is 4.70 Å². The van der Waals surface area contributed by atoms with Gasteiger partial charge in [0.25, 0.3) is 5.88 Å². The number of carbonyl (C=O) groups is 1. The summed E-state index contributed by atoms with van der Waals surface area (Å²) in [5.74, 6) is 0.539. The fourth-order valence-electron chi connectivity index (χ4n) is 2.96. The van der Waals surface area contributed by atoms with Crippen LogP contribution in [-0.4, -0.2) is 35.3 Å². The molecule has 4 rings (SSSR count). The van der Waals surface area contributed by atoms with Crippen molar-refractivity contribution in [1.82, 2.24) is 15.5 Å². The summed E-state index contributed by atoms with van der Waals surface area (Å²) in [7, 11) is 0.